The molecule has 1 fully saturated rings. The quantitative estimate of drug-likeness (QED) is 0.764. The van der Waals surface area contributed by atoms with E-state index in [1.165, 1.54) is 12.1 Å². The fourth-order valence-electron chi connectivity index (χ4n) is 4.24. The van der Waals surface area contributed by atoms with Crippen molar-refractivity contribution in [1.82, 2.24) is 9.91 Å². The van der Waals surface area contributed by atoms with Crippen LogP contribution >= 0.6 is 0 Å². The van der Waals surface area contributed by atoms with Crippen molar-refractivity contribution in [3.63, 3.8) is 0 Å². The molecule has 2 aliphatic heterocycles. The highest BCUT2D eigenvalue weighted by molar-refractivity contribution is 6.03. The minimum atomic E-state index is -0.268. The highest BCUT2D eigenvalue weighted by Crippen LogP contribution is 2.34. The van der Waals surface area contributed by atoms with Crippen LogP contribution in [-0.2, 0) is 4.79 Å². The van der Waals surface area contributed by atoms with Gasteiger partial charge in [0.2, 0.25) is 0 Å². The maximum Gasteiger partial charge on any atom is 0.257 e. The molecule has 0 aliphatic carbocycles. The Morgan fingerprint density at radius 1 is 1.10 bits per heavy atom. The lowest BCUT2D eigenvalue weighted by molar-refractivity contribution is -0.134. The minimum Gasteiger partial charge on any atom is -0.294 e. The van der Waals surface area contributed by atoms with Crippen molar-refractivity contribution in [1.29, 1.82) is 0 Å². The third-order valence-electron chi connectivity index (χ3n) is 6.13. The number of likely N-dealkylation sites (tertiary alicyclic amines) is 1. The summed E-state index contributed by atoms with van der Waals surface area (Å²) >= 11 is 0. The van der Waals surface area contributed by atoms with Crippen LogP contribution in [0, 0.1) is 18.7 Å². The second-order valence-corrected chi connectivity index (χ2v) is 8.33. The summed E-state index contributed by atoms with van der Waals surface area (Å²) in [7, 11) is 0. The molecule has 0 radical (unpaired) electrons. The number of nitrogens with zero attached hydrogens (tertiary/aromatic N) is 3. The monoisotopic (exact) mass is 393 g/mol. The summed E-state index contributed by atoms with van der Waals surface area (Å²) in [6.45, 7) is 6.66. The van der Waals surface area contributed by atoms with Gasteiger partial charge in [0.15, 0.2) is 0 Å². The molecule has 0 N–H and O–H groups in total. The van der Waals surface area contributed by atoms with Crippen LogP contribution in [0.15, 0.2) is 53.6 Å². The first kappa shape index (κ1) is 19.8. The number of carbonyl (C=O) groups excluding carboxylic acids is 1. The molecule has 2 aromatic carbocycles. The lowest BCUT2D eigenvalue weighted by atomic mass is 9.95. The smallest absolute Gasteiger partial charge is 0.257 e. The van der Waals surface area contributed by atoms with Gasteiger partial charge in [-0.05, 0) is 67.6 Å². The van der Waals surface area contributed by atoms with Crippen molar-refractivity contribution >= 4 is 11.6 Å². The zero-order valence-corrected chi connectivity index (χ0v) is 17.1. The Hall–Kier alpha value is -2.53. The Bertz CT molecular complexity index is 901. The van der Waals surface area contributed by atoms with Gasteiger partial charge in [0.1, 0.15) is 5.82 Å². The number of benzene rings is 2. The number of piperidine rings is 1. The first-order chi connectivity index (χ1) is 14.0. The molecule has 2 heterocycles. The Morgan fingerprint density at radius 3 is 2.48 bits per heavy atom. The van der Waals surface area contributed by atoms with E-state index in [-0.39, 0.29) is 17.8 Å². The molecule has 1 amide bonds. The standard InChI is InChI=1S/C24H28FN3O/c1-17-11-13-27(14-12-17)16-24(29)28-23(21-6-4-3-5-18(21)2)15-22(26-28)19-7-9-20(25)10-8-19/h3-10,17,23H,11-16H2,1-2H3/t23-/m0/s1. The zero-order valence-electron chi connectivity index (χ0n) is 17.1. The van der Waals surface area contributed by atoms with E-state index in [0.717, 1.165) is 54.3 Å². The van der Waals surface area contributed by atoms with Crippen LogP contribution in [-0.4, -0.2) is 41.2 Å². The molecular formula is C24H28FN3O. The average Bonchev–Trinajstić information content (AvgIpc) is 3.16. The van der Waals surface area contributed by atoms with Crippen LogP contribution in [0.4, 0.5) is 4.39 Å². The molecule has 4 nitrogen and oxygen atoms in total. The van der Waals surface area contributed by atoms with Crippen molar-refractivity contribution in [2.45, 2.75) is 39.2 Å². The van der Waals surface area contributed by atoms with Crippen molar-refractivity contribution in [3.05, 3.63) is 71.0 Å². The van der Waals surface area contributed by atoms with E-state index in [9.17, 15) is 9.18 Å². The van der Waals surface area contributed by atoms with E-state index in [1.54, 1.807) is 17.1 Å². The van der Waals surface area contributed by atoms with Gasteiger partial charge >= 0.3 is 0 Å². The van der Waals surface area contributed by atoms with Gasteiger partial charge in [-0.1, -0.05) is 43.3 Å². The molecule has 0 spiro atoms. The summed E-state index contributed by atoms with van der Waals surface area (Å²) in [5.41, 5.74) is 3.97. The molecular weight excluding hydrogens is 365 g/mol. The van der Waals surface area contributed by atoms with Gasteiger partial charge in [-0.15, -0.1) is 0 Å². The van der Waals surface area contributed by atoms with E-state index in [1.807, 2.05) is 12.1 Å². The van der Waals surface area contributed by atoms with E-state index in [2.05, 4.69) is 30.9 Å². The molecule has 4 rings (SSSR count). The number of aryl methyl sites for hydroxylation is 1. The molecule has 2 aliphatic rings. The number of halogens is 1. The van der Waals surface area contributed by atoms with Crippen molar-refractivity contribution in [2.24, 2.45) is 11.0 Å². The summed E-state index contributed by atoms with van der Waals surface area (Å²) in [6.07, 6.45) is 2.91. The number of hydrogen-bond acceptors (Lipinski definition) is 3. The molecule has 152 valence electrons. The topological polar surface area (TPSA) is 35.9 Å². The Kier molecular flexibility index (Phi) is 5.76. The molecule has 0 aromatic heterocycles. The summed E-state index contributed by atoms with van der Waals surface area (Å²) < 4.78 is 13.4. The first-order valence-corrected chi connectivity index (χ1v) is 10.4. The van der Waals surface area contributed by atoms with Gasteiger partial charge in [0, 0.05) is 6.42 Å². The minimum absolute atomic E-state index is 0.0323. The van der Waals surface area contributed by atoms with Crippen molar-refractivity contribution in [3.8, 4) is 0 Å². The maximum absolute atomic E-state index is 13.4. The predicted molar refractivity (Wildman–Crippen MR) is 113 cm³/mol. The largest absolute Gasteiger partial charge is 0.294 e. The van der Waals surface area contributed by atoms with Crippen molar-refractivity contribution < 1.29 is 9.18 Å². The van der Waals surface area contributed by atoms with Crippen LogP contribution in [0.25, 0.3) is 0 Å². The summed E-state index contributed by atoms with van der Waals surface area (Å²) in [6, 6.07) is 14.4. The van der Waals surface area contributed by atoms with Gasteiger partial charge in [0.05, 0.1) is 18.3 Å². The van der Waals surface area contributed by atoms with Crippen molar-refractivity contribution in [2.75, 3.05) is 19.6 Å². The molecule has 2 aromatic rings. The number of carbonyl (C=O) groups is 1. The SMILES string of the molecule is Cc1ccccc1[C@@H]1CC(c2ccc(F)cc2)=NN1C(=O)CN1CCC(C)CC1. The van der Waals surface area contributed by atoms with Crippen LogP contribution in [0.2, 0.25) is 0 Å². The number of amides is 1. The average molecular weight is 394 g/mol. The predicted octanol–water partition coefficient (Wildman–Crippen LogP) is 4.54. The highest BCUT2D eigenvalue weighted by Gasteiger charge is 2.34. The highest BCUT2D eigenvalue weighted by atomic mass is 19.1. The van der Waals surface area contributed by atoms with E-state index >= 15 is 0 Å². The lowest BCUT2D eigenvalue weighted by Gasteiger charge is -2.31. The van der Waals surface area contributed by atoms with Gasteiger partial charge in [-0.2, -0.15) is 5.10 Å². The third-order valence-corrected chi connectivity index (χ3v) is 6.13. The van der Waals surface area contributed by atoms with E-state index in [0.29, 0.717) is 13.0 Å². The Morgan fingerprint density at radius 2 is 1.79 bits per heavy atom. The Labute approximate surface area is 172 Å². The number of hydrogen-bond donors (Lipinski definition) is 0. The summed E-state index contributed by atoms with van der Waals surface area (Å²) in [5, 5.41) is 6.38. The van der Waals surface area contributed by atoms with Crippen LogP contribution in [0.5, 0.6) is 0 Å². The number of hydrazone groups is 1. The maximum atomic E-state index is 13.4. The fourth-order valence-corrected chi connectivity index (χ4v) is 4.24. The first-order valence-electron chi connectivity index (χ1n) is 10.4. The molecule has 0 bridgehead atoms. The molecule has 0 unspecified atom stereocenters. The van der Waals surface area contributed by atoms with Crippen LogP contribution in [0.1, 0.15) is 48.9 Å². The van der Waals surface area contributed by atoms with Crippen LogP contribution in [0.3, 0.4) is 0 Å². The summed E-state index contributed by atoms with van der Waals surface area (Å²) in [4.78, 5) is 15.5. The van der Waals surface area contributed by atoms with E-state index < -0.39 is 0 Å². The lowest BCUT2D eigenvalue weighted by Crippen LogP contribution is -2.41. The summed E-state index contributed by atoms with van der Waals surface area (Å²) in [5.74, 6) is 0.496. The number of rotatable bonds is 4. The fraction of sp³-hybridized carbons (Fsp3) is 0.417. The molecule has 1 atom stereocenters. The second-order valence-electron chi connectivity index (χ2n) is 8.33. The normalized spacial score (nSPS) is 20.7. The molecule has 1 saturated heterocycles. The Balaban J connectivity index is 1.59. The van der Waals surface area contributed by atoms with Gasteiger partial charge < -0.3 is 0 Å². The molecule has 5 heteroatoms. The zero-order chi connectivity index (χ0) is 20.4. The molecule has 29 heavy (non-hydrogen) atoms. The van der Waals surface area contributed by atoms with Gasteiger partial charge in [-0.3, -0.25) is 9.69 Å². The van der Waals surface area contributed by atoms with Crippen LogP contribution < -0.4 is 0 Å². The van der Waals surface area contributed by atoms with E-state index in [4.69, 9.17) is 5.10 Å². The third kappa shape index (κ3) is 4.40. The van der Waals surface area contributed by atoms with Gasteiger partial charge in [-0.25, -0.2) is 9.40 Å². The molecule has 0 saturated carbocycles. The second kappa shape index (κ2) is 8.46. The van der Waals surface area contributed by atoms with Gasteiger partial charge in [0.25, 0.3) is 5.91 Å².